The number of rotatable bonds is 5. The molecule has 2 unspecified atom stereocenters. The molecule has 0 fully saturated rings. The molecular weight excluding hydrogens is 259 g/mol. The Morgan fingerprint density at radius 1 is 1.10 bits per heavy atom. The van der Waals surface area contributed by atoms with Crippen molar-refractivity contribution in [1.29, 1.82) is 0 Å². The van der Waals surface area contributed by atoms with Crippen LogP contribution in [0.5, 0.6) is 0 Å². The zero-order chi connectivity index (χ0) is 14.8. The van der Waals surface area contributed by atoms with Gasteiger partial charge >= 0.3 is 0 Å². The Hall–Kier alpha value is -0.870. The third-order valence-corrected chi connectivity index (χ3v) is 6.32. The molecule has 0 bridgehead atoms. The lowest BCUT2D eigenvalue weighted by molar-refractivity contribution is 0.781. The van der Waals surface area contributed by atoms with Crippen LogP contribution in [0.25, 0.3) is 0 Å². The van der Waals surface area contributed by atoms with E-state index in [-0.39, 0.29) is 7.92 Å². The van der Waals surface area contributed by atoms with Gasteiger partial charge in [0, 0.05) is 0 Å². The molecular formula is C19H29P. The molecule has 0 saturated carbocycles. The van der Waals surface area contributed by atoms with Gasteiger partial charge in [-0.3, -0.25) is 0 Å². The molecule has 1 aromatic rings. The third-order valence-electron chi connectivity index (χ3n) is 3.44. The fourth-order valence-corrected chi connectivity index (χ4v) is 5.49. The minimum atomic E-state index is -0.167. The Morgan fingerprint density at radius 3 is 2.35 bits per heavy atom. The topological polar surface area (TPSA) is 0 Å². The molecule has 2 rings (SSSR count). The van der Waals surface area contributed by atoms with Crippen molar-refractivity contribution < 1.29 is 0 Å². The van der Waals surface area contributed by atoms with Crippen LogP contribution in [-0.2, 0) is 0 Å². The predicted molar refractivity (Wildman–Crippen MR) is 95.2 cm³/mol. The number of hydrogen-bond acceptors (Lipinski definition) is 0. The quantitative estimate of drug-likeness (QED) is 0.562. The van der Waals surface area contributed by atoms with E-state index in [4.69, 9.17) is 0 Å². The lowest BCUT2D eigenvalue weighted by Gasteiger charge is -2.27. The summed E-state index contributed by atoms with van der Waals surface area (Å²) in [6.45, 7) is 8.71. The Labute approximate surface area is 126 Å². The molecule has 1 aromatic carbocycles. The van der Waals surface area contributed by atoms with Crippen molar-refractivity contribution >= 4 is 13.2 Å². The van der Waals surface area contributed by atoms with Crippen LogP contribution in [0.2, 0.25) is 0 Å². The first-order chi connectivity index (χ1) is 9.83. The summed E-state index contributed by atoms with van der Waals surface area (Å²) in [4.78, 5) is 0. The van der Waals surface area contributed by atoms with Gasteiger partial charge in [0.25, 0.3) is 0 Å². The van der Waals surface area contributed by atoms with E-state index >= 15 is 0 Å². The number of benzene rings is 1. The van der Waals surface area contributed by atoms with Crippen molar-refractivity contribution in [3.05, 3.63) is 53.9 Å². The normalized spacial score (nSPS) is 16.7. The molecule has 2 atom stereocenters. The average molecular weight is 288 g/mol. The summed E-state index contributed by atoms with van der Waals surface area (Å²) in [5.74, 6) is 0. The second kappa shape index (κ2) is 9.94. The van der Waals surface area contributed by atoms with E-state index in [2.05, 4.69) is 62.4 Å². The van der Waals surface area contributed by atoms with Gasteiger partial charge in [-0.1, -0.05) is 82.7 Å². The SMILES string of the molecule is CC.CCCC(C)P(C1=CCCC=C1)c1ccccc1. The van der Waals surface area contributed by atoms with Crippen LogP contribution in [-0.4, -0.2) is 5.66 Å². The Bertz CT molecular complexity index is 417. The molecule has 1 heteroatoms. The summed E-state index contributed by atoms with van der Waals surface area (Å²) in [7, 11) is -0.167. The fraction of sp³-hybridized carbons (Fsp3) is 0.474. The van der Waals surface area contributed by atoms with E-state index in [9.17, 15) is 0 Å². The lowest BCUT2D eigenvalue weighted by Crippen LogP contribution is -2.12. The van der Waals surface area contributed by atoms with Gasteiger partial charge in [-0.15, -0.1) is 0 Å². The molecule has 0 heterocycles. The lowest BCUT2D eigenvalue weighted by atomic mass is 10.2. The van der Waals surface area contributed by atoms with Crippen molar-refractivity contribution in [2.45, 2.75) is 59.0 Å². The molecule has 0 nitrogen and oxygen atoms in total. The van der Waals surface area contributed by atoms with E-state index in [1.807, 2.05) is 13.8 Å². The van der Waals surface area contributed by atoms with Gasteiger partial charge in [0.2, 0.25) is 0 Å². The fourth-order valence-electron chi connectivity index (χ4n) is 2.57. The van der Waals surface area contributed by atoms with Gasteiger partial charge in [-0.05, 0) is 43.5 Å². The highest BCUT2D eigenvalue weighted by atomic mass is 31.1. The maximum atomic E-state index is 2.46. The van der Waals surface area contributed by atoms with Crippen LogP contribution in [0.1, 0.15) is 53.4 Å². The maximum absolute atomic E-state index is 2.46. The largest absolute Gasteiger partial charge is 0.0836 e. The Kier molecular flexibility index (Phi) is 8.54. The molecule has 0 amide bonds. The minimum absolute atomic E-state index is 0.167. The molecule has 0 spiro atoms. The number of allylic oxidation sites excluding steroid dienone is 4. The van der Waals surface area contributed by atoms with Crippen LogP contribution in [0, 0.1) is 0 Å². The van der Waals surface area contributed by atoms with Gasteiger partial charge in [0.05, 0.1) is 0 Å². The predicted octanol–water partition coefficient (Wildman–Crippen LogP) is 6.24. The Morgan fingerprint density at radius 2 is 1.80 bits per heavy atom. The first-order valence-electron chi connectivity index (χ1n) is 8.04. The smallest absolute Gasteiger partial charge is 0.0157 e. The second-order valence-corrected chi connectivity index (χ2v) is 7.61. The van der Waals surface area contributed by atoms with Crippen LogP contribution >= 0.6 is 7.92 Å². The first-order valence-corrected chi connectivity index (χ1v) is 9.45. The zero-order valence-electron chi connectivity index (χ0n) is 13.5. The molecule has 0 radical (unpaired) electrons. The highest BCUT2D eigenvalue weighted by Gasteiger charge is 2.21. The van der Waals surface area contributed by atoms with E-state index in [1.54, 1.807) is 5.31 Å². The zero-order valence-corrected chi connectivity index (χ0v) is 14.4. The summed E-state index contributed by atoms with van der Waals surface area (Å²) in [6.07, 6.45) is 12.2. The van der Waals surface area contributed by atoms with Crippen molar-refractivity contribution in [2.75, 3.05) is 0 Å². The second-order valence-electron chi connectivity index (χ2n) is 4.95. The van der Waals surface area contributed by atoms with E-state index in [0.29, 0.717) is 0 Å². The highest BCUT2D eigenvalue weighted by molar-refractivity contribution is 7.70. The van der Waals surface area contributed by atoms with Crippen molar-refractivity contribution in [3.63, 3.8) is 0 Å². The van der Waals surface area contributed by atoms with Crippen LogP contribution in [0.15, 0.2) is 53.9 Å². The van der Waals surface area contributed by atoms with Gasteiger partial charge < -0.3 is 0 Å². The molecule has 0 aliphatic heterocycles. The van der Waals surface area contributed by atoms with Crippen molar-refractivity contribution in [1.82, 2.24) is 0 Å². The monoisotopic (exact) mass is 288 g/mol. The number of hydrogen-bond donors (Lipinski definition) is 0. The van der Waals surface area contributed by atoms with Crippen LogP contribution in [0.4, 0.5) is 0 Å². The molecule has 20 heavy (non-hydrogen) atoms. The summed E-state index contributed by atoms with van der Waals surface area (Å²) in [5.41, 5.74) is 0.779. The van der Waals surface area contributed by atoms with Crippen molar-refractivity contribution in [3.8, 4) is 0 Å². The van der Waals surface area contributed by atoms with E-state index in [1.165, 1.54) is 31.0 Å². The van der Waals surface area contributed by atoms with Gasteiger partial charge in [0.15, 0.2) is 0 Å². The molecule has 1 aliphatic carbocycles. The maximum Gasteiger partial charge on any atom is -0.0157 e. The highest BCUT2D eigenvalue weighted by Crippen LogP contribution is 2.51. The van der Waals surface area contributed by atoms with E-state index in [0.717, 1.165) is 5.66 Å². The van der Waals surface area contributed by atoms with Crippen LogP contribution < -0.4 is 5.30 Å². The molecule has 1 aliphatic rings. The summed E-state index contributed by atoms with van der Waals surface area (Å²) < 4.78 is 0. The van der Waals surface area contributed by atoms with Gasteiger partial charge in [0.1, 0.15) is 0 Å². The van der Waals surface area contributed by atoms with Crippen LogP contribution in [0.3, 0.4) is 0 Å². The molecule has 0 N–H and O–H groups in total. The summed E-state index contributed by atoms with van der Waals surface area (Å²) in [5, 5.41) is 3.12. The standard InChI is InChI=1S/C17H23P.C2H6/c1-3-10-15(2)18(16-11-6-4-7-12-16)17-13-8-5-9-14-17;1-2/h4,6-8,11-15H,3,5,9-10H2,1-2H3;1-2H3. The van der Waals surface area contributed by atoms with Gasteiger partial charge in [-0.25, -0.2) is 0 Å². The summed E-state index contributed by atoms with van der Waals surface area (Å²) >= 11 is 0. The molecule has 110 valence electrons. The third kappa shape index (κ3) is 4.91. The van der Waals surface area contributed by atoms with Gasteiger partial charge in [-0.2, -0.15) is 0 Å². The van der Waals surface area contributed by atoms with Crippen molar-refractivity contribution in [2.24, 2.45) is 0 Å². The minimum Gasteiger partial charge on any atom is -0.0836 e. The van der Waals surface area contributed by atoms with E-state index < -0.39 is 0 Å². The molecule has 0 saturated heterocycles. The average Bonchev–Trinajstić information content (AvgIpc) is 2.52. The Balaban J connectivity index is 0.000000956. The summed E-state index contributed by atoms with van der Waals surface area (Å²) in [6, 6.07) is 11.1. The molecule has 0 aromatic heterocycles. The first kappa shape index (κ1) is 17.2.